The first-order chi connectivity index (χ1) is 15.8. The Balaban J connectivity index is 1.65. The van der Waals surface area contributed by atoms with E-state index in [9.17, 15) is 18.4 Å². The maximum Gasteiger partial charge on any atom is 0.259 e. The number of aromatic nitrogens is 1. The van der Waals surface area contributed by atoms with Crippen LogP contribution < -0.4 is 21.5 Å². The Bertz CT molecular complexity index is 1240. The van der Waals surface area contributed by atoms with E-state index in [-0.39, 0.29) is 22.5 Å². The fourth-order valence-corrected chi connectivity index (χ4v) is 3.61. The molecule has 1 amide bonds. The van der Waals surface area contributed by atoms with Crippen molar-refractivity contribution >= 4 is 28.7 Å². The summed E-state index contributed by atoms with van der Waals surface area (Å²) in [5, 5.41) is 11.1. The highest BCUT2D eigenvalue weighted by Gasteiger charge is 2.19. The van der Waals surface area contributed by atoms with Gasteiger partial charge in [0.05, 0.1) is 30.2 Å². The molecule has 5 N–H and O–H groups in total. The predicted molar refractivity (Wildman–Crippen MR) is 121 cm³/mol. The molecule has 0 spiro atoms. The van der Waals surface area contributed by atoms with E-state index < -0.39 is 28.8 Å². The molecule has 0 unspecified atom stereocenters. The monoisotopic (exact) mass is 453 g/mol. The number of carbonyl (C=O) groups excluding carboxylic acids is 1. The van der Waals surface area contributed by atoms with Gasteiger partial charge in [-0.05, 0) is 30.3 Å². The van der Waals surface area contributed by atoms with Gasteiger partial charge in [0.1, 0.15) is 17.3 Å². The van der Waals surface area contributed by atoms with Crippen molar-refractivity contribution in [2.75, 3.05) is 36.5 Å². The standard InChI is InChI=1S/C23H21F2N5O3/c24-16-11-14(22(27)31)12-17(25)21(16)29-18-5-6-28-23(32)19(18)20(26)13-1-3-15(4-2-13)30-7-9-33-10-8-30/h1-6,11-12,26H,7-10H2,(H2,27,31)(H2,28,29,32). The molecular weight excluding hydrogens is 432 g/mol. The average molecular weight is 453 g/mol. The molecule has 1 aliphatic heterocycles. The SMILES string of the molecule is N=C(c1ccc(N2CCOCC2)cc1)c1c(Nc2c(F)cc(C(N)=O)cc2F)cc[nH]c1=O. The molecule has 0 atom stereocenters. The molecule has 8 nitrogen and oxygen atoms in total. The Hall–Kier alpha value is -4.05. The number of rotatable bonds is 6. The van der Waals surface area contributed by atoms with Crippen LogP contribution in [0.15, 0.2) is 53.5 Å². The minimum absolute atomic E-state index is 0.0330. The smallest absolute Gasteiger partial charge is 0.259 e. The summed E-state index contributed by atoms with van der Waals surface area (Å²) >= 11 is 0. The maximum atomic E-state index is 14.5. The van der Waals surface area contributed by atoms with Gasteiger partial charge < -0.3 is 25.7 Å². The number of nitrogens with two attached hydrogens (primary N) is 1. The summed E-state index contributed by atoms with van der Waals surface area (Å²) in [6.45, 7) is 2.79. The molecule has 0 radical (unpaired) electrons. The van der Waals surface area contributed by atoms with Crippen molar-refractivity contribution < 1.29 is 18.3 Å². The summed E-state index contributed by atoms with van der Waals surface area (Å²) in [4.78, 5) is 28.4. The van der Waals surface area contributed by atoms with Gasteiger partial charge in [0.25, 0.3) is 5.56 Å². The average Bonchev–Trinajstić information content (AvgIpc) is 2.81. The summed E-state index contributed by atoms with van der Waals surface area (Å²) in [5.41, 5.74) is 4.84. The third kappa shape index (κ3) is 4.60. The highest BCUT2D eigenvalue weighted by Crippen LogP contribution is 2.27. The van der Waals surface area contributed by atoms with Crippen LogP contribution in [-0.4, -0.2) is 42.9 Å². The molecule has 170 valence electrons. The van der Waals surface area contributed by atoms with E-state index in [1.54, 1.807) is 12.1 Å². The van der Waals surface area contributed by atoms with E-state index in [0.29, 0.717) is 18.8 Å². The van der Waals surface area contributed by atoms with Gasteiger partial charge in [0, 0.05) is 36.1 Å². The number of primary amides is 1. The normalized spacial score (nSPS) is 13.6. The van der Waals surface area contributed by atoms with Gasteiger partial charge in [-0.1, -0.05) is 12.1 Å². The summed E-state index contributed by atoms with van der Waals surface area (Å²) in [6, 6.07) is 10.1. The fourth-order valence-electron chi connectivity index (χ4n) is 3.61. The number of hydrogen-bond donors (Lipinski definition) is 4. The number of ether oxygens (including phenoxy) is 1. The molecular formula is C23H21F2N5O3. The highest BCUT2D eigenvalue weighted by molar-refractivity contribution is 6.14. The van der Waals surface area contributed by atoms with Crippen LogP contribution >= 0.6 is 0 Å². The number of nitrogens with one attached hydrogen (secondary N) is 3. The summed E-state index contributed by atoms with van der Waals surface area (Å²) in [6.07, 6.45) is 1.30. The number of carbonyl (C=O) groups is 1. The lowest BCUT2D eigenvalue weighted by molar-refractivity contribution is 0.0999. The molecule has 1 fully saturated rings. The Morgan fingerprint density at radius 3 is 2.30 bits per heavy atom. The zero-order valence-corrected chi connectivity index (χ0v) is 17.5. The van der Waals surface area contributed by atoms with Crippen LogP contribution in [0.25, 0.3) is 0 Å². The van der Waals surface area contributed by atoms with Crippen molar-refractivity contribution in [1.29, 1.82) is 5.41 Å². The molecule has 2 heterocycles. The molecule has 0 saturated carbocycles. The molecule has 0 bridgehead atoms. The lowest BCUT2D eigenvalue weighted by Crippen LogP contribution is -2.36. The number of morpholine rings is 1. The molecule has 33 heavy (non-hydrogen) atoms. The Kier molecular flexibility index (Phi) is 6.18. The van der Waals surface area contributed by atoms with Crippen molar-refractivity contribution in [3.05, 3.63) is 87.3 Å². The first-order valence-corrected chi connectivity index (χ1v) is 10.1. The van der Waals surface area contributed by atoms with Crippen molar-refractivity contribution in [2.45, 2.75) is 0 Å². The van der Waals surface area contributed by atoms with Crippen LogP contribution in [0.5, 0.6) is 0 Å². The van der Waals surface area contributed by atoms with Crippen LogP contribution in [0.2, 0.25) is 0 Å². The zero-order valence-electron chi connectivity index (χ0n) is 17.5. The number of H-pyrrole nitrogens is 1. The number of nitrogens with zero attached hydrogens (tertiary/aromatic N) is 1. The molecule has 2 aromatic carbocycles. The van der Waals surface area contributed by atoms with Gasteiger partial charge in [-0.15, -0.1) is 0 Å². The van der Waals surface area contributed by atoms with Gasteiger partial charge in [-0.2, -0.15) is 0 Å². The fraction of sp³-hybridized carbons (Fsp3) is 0.174. The van der Waals surface area contributed by atoms with Gasteiger partial charge in [-0.3, -0.25) is 15.0 Å². The van der Waals surface area contributed by atoms with Crippen molar-refractivity contribution in [3.63, 3.8) is 0 Å². The summed E-state index contributed by atoms with van der Waals surface area (Å²) in [5.74, 6) is -3.09. The molecule has 3 aromatic rings. The van der Waals surface area contributed by atoms with Crippen LogP contribution in [0.4, 0.5) is 25.8 Å². The topological polar surface area (TPSA) is 124 Å². The highest BCUT2D eigenvalue weighted by atomic mass is 19.1. The molecule has 10 heteroatoms. The molecule has 0 aliphatic carbocycles. The van der Waals surface area contributed by atoms with Crippen LogP contribution in [-0.2, 0) is 4.74 Å². The number of hydrogen-bond acceptors (Lipinski definition) is 6. The second kappa shape index (κ2) is 9.21. The predicted octanol–water partition coefficient (Wildman–Crippen LogP) is 2.75. The van der Waals surface area contributed by atoms with Gasteiger partial charge >= 0.3 is 0 Å². The number of anilines is 3. The Morgan fingerprint density at radius 2 is 1.70 bits per heavy atom. The third-order valence-electron chi connectivity index (χ3n) is 5.33. The molecule has 1 aliphatic rings. The van der Waals surface area contributed by atoms with Crippen molar-refractivity contribution in [1.82, 2.24) is 4.98 Å². The lowest BCUT2D eigenvalue weighted by atomic mass is 10.0. The minimum atomic E-state index is -1.06. The summed E-state index contributed by atoms with van der Waals surface area (Å²) < 4.78 is 34.3. The van der Waals surface area contributed by atoms with E-state index in [0.717, 1.165) is 30.9 Å². The minimum Gasteiger partial charge on any atom is -0.378 e. The van der Waals surface area contributed by atoms with E-state index in [2.05, 4.69) is 15.2 Å². The molecule has 4 rings (SSSR count). The number of halogens is 2. The number of amides is 1. The number of benzene rings is 2. The van der Waals surface area contributed by atoms with Crippen molar-refractivity contribution in [3.8, 4) is 0 Å². The van der Waals surface area contributed by atoms with Crippen LogP contribution in [0, 0.1) is 17.0 Å². The van der Waals surface area contributed by atoms with Crippen LogP contribution in [0.3, 0.4) is 0 Å². The van der Waals surface area contributed by atoms with Crippen molar-refractivity contribution in [2.24, 2.45) is 5.73 Å². The van der Waals surface area contributed by atoms with E-state index in [4.69, 9.17) is 15.9 Å². The maximum absolute atomic E-state index is 14.5. The Morgan fingerprint density at radius 1 is 1.06 bits per heavy atom. The molecule has 1 saturated heterocycles. The lowest BCUT2D eigenvalue weighted by Gasteiger charge is -2.29. The molecule has 1 aromatic heterocycles. The largest absolute Gasteiger partial charge is 0.378 e. The van der Waals surface area contributed by atoms with E-state index in [1.807, 2.05) is 12.1 Å². The summed E-state index contributed by atoms with van der Waals surface area (Å²) in [7, 11) is 0. The number of aromatic amines is 1. The number of pyridine rings is 1. The van der Waals surface area contributed by atoms with Gasteiger partial charge in [0.2, 0.25) is 5.91 Å². The first kappa shape index (κ1) is 22.2. The quantitative estimate of drug-likeness (QED) is 0.427. The zero-order chi connectivity index (χ0) is 23.5. The van der Waals surface area contributed by atoms with E-state index >= 15 is 0 Å². The second-order valence-corrected chi connectivity index (χ2v) is 7.42. The second-order valence-electron chi connectivity index (χ2n) is 7.42. The first-order valence-electron chi connectivity index (χ1n) is 10.1. The third-order valence-corrected chi connectivity index (χ3v) is 5.33. The Labute approximate surface area is 187 Å². The van der Waals surface area contributed by atoms with Gasteiger partial charge in [-0.25, -0.2) is 8.78 Å². The van der Waals surface area contributed by atoms with Gasteiger partial charge in [0.15, 0.2) is 0 Å². The van der Waals surface area contributed by atoms with E-state index in [1.165, 1.54) is 12.3 Å². The van der Waals surface area contributed by atoms with Crippen LogP contribution in [0.1, 0.15) is 21.5 Å².